The van der Waals surface area contributed by atoms with Gasteiger partial charge < -0.3 is 9.42 Å². The molecule has 3 heterocycles. The molecule has 4 rings (SSSR count). The molecule has 1 amide bonds. The summed E-state index contributed by atoms with van der Waals surface area (Å²) in [6.45, 7) is 7.08. The Balaban J connectivity index is 1.59. The molecule has 0 atom stereocenters. The Bertz CT molecular complexity index is 1070. The highest BCUT2D eigenvalue weighted by Gasteiger charge is 2.29. The van der Waals surface area contributed by atoms with Gasteiger partial charge >= 0.3 is 0 Å². The zero-order valence-corrected chi connectivity index (χ0v) is 17.2. The summed E-state index contributed by atoms with van der Waals surface area (Å²) in [5.41, 5.74) is 3.40. The van der Waals surface area contributed by atoms with Crippen LogP contribution >= 0.6 is 23.2 Å². The van der Waals surface area contributed by atoms with Gasteiger partial charge in [-0.05, 0) is 23.2 Å². The Kier molecular flexibility index (Phi) is 4.63. The first-order valence-electron chi connectivity index (χ1n) is 8.79. The minimum absolute atomic E-state index is 0.0616. The van der Waals surface area contributed by atoms with Crippen LogP contribution in [0.4, 0.5) is 0 Å². The lowest BCUT2D eigenvalue weighted by Crippen LogP contribution is -2.23. The van der Waals surface area contributed by atoms with Gasteiger partial charge in [0.1, 0.15) is 11.5 Å². The van der Waals surface area contributed by atoms with Gasteiger partial charge in [-0.15, -0.1) is 0 Å². The van der Waals surface area contributed by atoms with Gasteiger partial charge in [-0.3, -0.25) is 4.79 Å². The number of carbonyl (C=O) groups is 1. The second-order valence-electron chi connectivity index (χ2n) is 7.80. The first-order chi connectivity index (χ1) is 13.2. The number of aromatic nitrogens is 3. The molecule has 0 spiro atoms. The van der Waals surface area contributed by atoms with Crippen molar-refractivity contribution in [2.45, 2.75) is 39.3 Å². The maximum atomic E-state index is 12.9. The van der Waals surface area contributed by atoms with Crippen LogP contribution in [0.5, 0.6) is 0 Å². The molecular formula is C20H18Cl2N4O2. The van der Waals surface area contributed by atoms with Gasteiger partial charge in [0.2, 0.25) is 5.28 Å². The summed E-state index contributed by atoms with van der Waals surface area (Å²) in [5, 5.41) is 4.60. The summed E-state index contributed by atoms with van der Waals surface area (Å²) in [4.78, 5) is 22.7. The molecule has 0 saturated heterocycles. The van der Waals surface area contributed by atoms with Gasteiger partial charge in [0.25, 0.3) is 5.91 Å². The Morgan fingerprint density at radius 3 is 2.71 bits per heavy atom. The maximum absolute atomic E-state index is 12.9. The third-order valence-electron chi connectivity index (χ3n) is 4.63. The molecule has 1 aromatic carbocycles. The Morgan fingerprint density at radius 2 is 2.00 bits per heavy atom. The number of hydrogen-bond acceptors (Lipinski definition) is 5. The molecule has 28 heavy (non-hydrogen) atoms. The highest BCUT2D eigenvalue weighted by molar-refractivity contribution is 6.33. The van der Waals surface area contributed by atoms with Crippen molar-refractivity contribution in [2.75, 3.05) is 0 Å². The van der Waals surface area contributed by atoms with E-state index in [9.17, 15) is 4.79 Å². The molecular weight excluding hydrogens is 399 g/mol. The minimum atomic E-state index is -0.129. The van der Waals surface area contributed by atoms with E-state index in [2.05, 4.69) is 35.9 Å². The molecule has 6 nitrogen and oxygen atoms in total. The maximum Gasteiger partial charge on any atom is 0.254 e. The minimum Gasteiger partial charge on any atom is -0.361 e. The number of carbonyl (C=O) groups excluding carboxylic acids is 1. The lowest BCUT2D eigenvalue weighted by molar-refractivity contribution is 0.0763. The van der Waals surface area contributed by atoms with Gasteiger partial charge in [0.15, 0.2) is 0 Å². The van der Waals surface area contributed by atoms with E-state index in [4.69, 9.17) is 27.7 Å². The number of benzene rings is 1. The second-order valence-corrected chi connectivity index (χ2v) is 8.55. The molecule has 0 aliphatic carbocycles. The van der Waals surface area contributed by atoms with Crippen molar-refractivity contribution in [3.05, 3.63) is 63.3 Å². The molecule has 0 bridgehead atoms. The predicted octanol–water partition coefficient (Wildman–Crippen LogP) is 4.89. The molecule has 1 aliphatic heterocycles. The van der Waals surface area contributed by atoms with Gasteiger partial charge in [0.05, 0.1) is 23.5 Å². The summed E-state index contributed by atoms with van der Waals surface area (Å²) in [5.74, 6) is 0.734. The molecule has 0 radical (unpaired) electrons. The van der Waals surface area contributed by atoms with E-state index in [0.29, 0.717) is 29.4 Å². The second kappa shape index (κ2) is 6.87. The number of hydrogen-bond donors (Lipinski definition) is 0. The fourth-order valence-corrected chi connectivity index (χ4v) is 3.45. The van der Waals surface area contributed by atoms with Crippen LogP contribution in [-0.4, -0.2) is 25.9 Å². The zero-order chi connectivity index (χ0) is 20.1. The van der Waals surface area contributed by atoms with Crippen LogP contribution in [0.15, 0.2) is 35.0 Å². The van der Waals surface area contributed by atoms with E-state index in [1.54, 1.807) is 11.0 Å². The Hall–Kier alpha value is -2.44. The van der Waals surface area contributed by atoms with Gasteiger partial charge in [-0.1, -0.05) is 49.7 Å². The Labute approximate surface area is 172 Å². The van der Waals surface area contributed by atoms with E-state index in [1.807, 2.05) is 18.2 Å². The van der Waals surface area contributed by atoms with Crippen LogP contribution < -0.4 is 0 Å². The summed E-state index contributed by atoms with van der Waals surface area (Å²) < 4.78 is 5.42. The van der Waals surface area contributed by atoms with Crippen molar-refractivity contribution in [1.29, 1.82) is 0 Å². The normalized spacial score (nSPS) is 13.9. The number of halogens is 2. The van der Waals surface area contributed by atoms with E-state index >= 15 is 0 Å². The van der Waals surface area contributed by atoms with Gasteiger partial charge in [-0.2, -0.15) is 0 Å². The van der Waals surface area contributed by atoms with Crippen LogP contribution in [0.2, 0.25) is 10.3 Å². The number of amides is 1. The molecule has 0 unspecified atom stereocenters. The molecule has 144 valence electrons. The zero-order valence-electron chi connectivity index (χ0n) is 15.7. The summed E-state index contributed by atoms with van der Waals surface area (Å²) in [7, 11) is 0. The summed E-state index contributed by atoms with van der Waals surface area (Å²) in [6.07, 6.45) is 1.45. The van der Waals surface area contributed by atoms with Crippen LogP contribution in [0.3, 0.4) is 0 Å². The highest BCUT2D eigenvalue weighted by Crippen LogP contribution is 2.32. The topological polar surface area (TPSA) is 72.1 Å². The average molecular weight is 417 g/mol. The van der Waals surface area contributed by atoms with E-state index in [0.717, 1.165) is 22.6 Å². The van der Waals surface area contributed by atoms with Crippen molar-refractivity contribution in [2.24, 2.45) is 0 Å². The van der Waals surface area contributed by atoms with Crippen molar-refractivity contribution in [1.82, 2.24) is 20.0 Å². The third-order valence-corrected chi connectivity index (χ3v) is 5.09. The molecule has 8 heteroatoms. The standard InChI is InChI=1S/C20H18Cl2N4O2/c1-20(2,3)16-7-13(25-28-16)10-26-9-12-5-4-11(6-14(12)18(26)27)17-15(21)8-23-19(22)24-17/h4-8H,9-10H2,1-3H3. The average Bonchev–Trinajstić information content (AvgIpc) is 3.23. The fraction of sp³-hybridized carbons (Fsp3) is 0.300. The molecule has 3 aromatic rings. The third kappa shape index (κ3) is 3.50. The van der Waals surface area contributed by atoms with Crippen molar-refractivity contribution in [3.63, 3.8) is 0 Å². The quantitative estimate of drug-likeness (QED) is 0.568. The summed E-state index contributed by atoms with van der Waals surface area (Å²) >= 11 is 12.1. The number of rotatable bonds is 3. The SMILES string of the molecule is CC(C)(C)c1cc(CN2Cc3ccc(-c4nc(Cl)ncc4Cl)cc3C2=O)no1. The van der Waals surface area contributed by atoms with E-state index < -0.39 is 0 Å². The molecule has 0 saturated carbocycles. The van der Waals surface area contributed by atoms with Crippen LogP contribution in [0.25, 0.3) is 11.3 Å². The number of fused-ring (bicyclic) bond motifs is 1. The van der Waals surface area contributed by atoms with Gasteiger partial charge in [-0.25, -0.2) is 9.97 Å². The van der Waals surface area contributed by atoms with Crippen LogP contribution in [0.1, 0.15) is 48.1 Å². The molecule has 2 aromatic heterocycles. The molecule has 1 aliphatic rings. The molecule has 0 N–H and O–H groups in total. The van der Waals surface area contributed by atoms with Gasteiger partial charge in [0, 0.05) is 29.2 Å². The van der Waals surface area contributed by atoms with Crippen LogP contribution in [0, 0.1) is 0 Å². The smallest absolute Gasteiger partial charge is 0.254 e. The first kappa shape index (κ1) is 18.9. The molecule has 0 fully saturated rings. The monoisotopic (exact) mass is 416 g/mol. The fourth-order valence-electron chi connectivity index (χ4n) is 3.12. The highest BCUT2D eigenvalue weighted by atomic mass is 35.5. The lowest BCUT2D eigenvalue weighted by Gasteiger charge is -2.13. The first-order valence-corrected chi connectivity index (χ1v) is 9.54. The summed E-state index contributed by atoms with van der Waals surface area (Å²) in [6, 6.07) is 7.50. The van der Waals surface area contributed by atoms with Crippen molar-refractivity contribution in [3.8, 4) is 11.3 Å². The number of nitrogens with zero attached hydrogens (tertiary/aromatic N) is 4. The van der Waals surface area contributed by atoms with Crippen molar-refractivity contribution >= 4 is 29.1 Å². The predicted molar refractivity (Wildman–Crippen MR) is 106 cm³/mol. The van der Waals surface area contributed by atoms with Crippen molar-refractivity contribution < 1.29 is 9.32 Å². The Morgan fingerprint density at radius 1 is 1.21 bits per heavy atom. The largest absolute Gasteiger partial charge is 0.361 e. The van der Waals surface area contributed by atoms with Crippen LogP contribution in [-0.2, 0) is 18.5 Å². The van der Waals surface area contributed by atoms with E-state index in [1.165, 1.54) is 6.20 Å². The lowest BCUT2D eigenvalue weighted by atomic mass is 9.93. The van der Waals surface area contributed by atoms with E-state index in [-0.39, 0.29) is 16.6 Å².